The second-order valence-corrected chi connectivity index (χ2v) is 4.93. The fourth-order valence-electron chi connectivity index (χ4n) is 2.07. The number of hydrogen-bond donors (Lipinski definition) is 2. The number of hydrogen-bond acceptors (Lipinski definition) is 3. The molecule has 0 bridgehead atoms. The van der Waals surface area contributed by atoms with E-state index in [1.807, 2.05) is 19.9 Å². The summed E-state index contributed by atoms with van der Waals surface area (Å²) in [6.07, 6.45) is 3.66. The monoisotopic (exact) mass is 288 g/mol. The molecule has 0 aliphatic rings. The molecular formula is C15H20N4O2. The van der Waals surface area contributed by atoms with Crippen LogP contribution in [0.5, 0.6) is 0 Å². The first-order valence-corrected chi connectivity index (χ1v) is 6.93. The summed E-state index contributed by atoms with van der Waals surface area (Å²) in [6.45, 7) is 4.79. The third kappa shape index (κ3) is 3.53. The molecule has 2 aromatic rings. The van der Waals surface area contributed by atoms with E-state index < -0.39 is 0 Å². The molecule has 112 valence electrons. The SMILES string of the molecule is CCn1ccn(CCC(=O)Nc2cc(N)ccc2C)c1=O. The highest BCUT2D eigenvalue weighted by molar-refractivity contribution is 5.91. The number of nitrogen functional groups attached to an aromatic ring is 1. The molecule has 6 heteroatoms. The van der Waals surface area contributed by atoms with Crippen molar-refractivity contribution in [2.24, 2.45) is 0 Å². The lowest BCUT2D eigenvalue weighted by molar-refractivity contribution is -0.116. The minimum absolute atomic E-state index is 0.0922. The maximum absolute atomic E-state index is 12.0. The number of anilines is 2. The fourth-order valence-corrected chi connectivity index (χ4v) is 2.07. The van der Waals surface area contributed by atoms with E-state index in [2.05, 4.69) is 5.32 Å². The molecule has 3 N–H and O–H groups in total. The van der Waals surface area contributed by atoms with E-state index in [9.17, 15) is 9.59 Å². The number of carbonyl (C=O) groups is 1. The molecule has 21 heavy (non-hydrogen) atoms. The second-order valence-electron chi connectivity index (χ2n) is 4.93. The van der Waals surface area contributed by atoms with Crippen LogP contribution in [0, 0.1) is 6.92 Å². The van der Waals surface area contributed by atoms with E-state index in [-0.39, 0.29) is 18.0 Å². The van der Waals surface area contributed by atoms with Gasteiger partial charge in [0.2, 0.25) is 5.91 Å². The van der Waals surface area contributed by atoms with Crippen molar-refractivity contribution in [3.05, 3.63) is 46.6 Å². The molecular weight excluding hydrogens is 268 g/mol. The number of amides is 1. The molecule has 0 unspecified atom stereocenters. The Bertz CT molecular complexity index is 700. The molecule has 0 spiro atoms. The number of nitrogens with zero attached hydrogens (tertiary/aromatic N) is 2. The highest BCUT2D eigenvalue weighted by Gasteiger charge is 2.07. The van der Waals surface area contributed by atoms with Gasteiger partial charge in [0.15, 0.2) is 0 Å². The van der Waals surface area contributed by atoms with E-state index in [0.717, 1.165) is 5.56 Å². The van der Waals surface area contributed by atoms with Crippen LogP contribution < -0.4 is 16.7 Å². The van der Waals surface area contributed by atoms with Crippen LogP contribution in [0.25, 0.3) is 0 Å². The Labute approximate surface area is 123 Å². The summed E-state index contributed by atoms with van der Waals surface area (Å²) in [5, 5.41) is 2.82. The van der Waals surface area contributed by atoms with Crippen LogP contribution in [0.1, 0.15) is 18.9 Å². The largest absolute Gasteiger partial charge is 0.399 e. The Hall–Kier alpha value is -2.50. The van der Waals surface area contributed by atoms with Gasteiger partial charge in [-0.25, -0.2) is 4.79 Å². The van der Waals surface area contributed by atoms with Crippen molar-refractivity contribution in [2.45, 2.75) is 33.4 Å². The van der Waals surface area contributed by atoms with Gasteiger partial charge in [-0.2, -0.15) is 0 Å². The molecule has 0 saturated carbocycles. The second kappa shape index (κ2) is 6.30. The average Bonchev–Trinajstić information content (AvgIpc) is 2.81. The molecule has 0 aliphatic heterocycles. The molecule has 1 aromatic carbocycles. The van der Waals surface area contributed by atoms with Crippen LogP contribution in [0.2, 0.25) is 0 Å². The number of imidazole rings is 1. The van der Waals surface area contributed by atoms with E-state index >= 15 is 0 Å². The van der Waals surface area contributed by atoms with Gasteiger partial charge in [-0.15, -0.1) is 0 Å². The molecule has 1 aromatic heterocycles. The van der Waals surface area contributed by atoms with Crippen molar-refractivity contribution in [1.29, 1.82) is 0 Å². The van der Waals surface area contributed by atoms with E-state index in [1.54, 1.807) is 29.1 Å². The van der Waals surface area contributed by atoms with Gasteiger partial charge in [0.1, 0.15) is 0 Å². The number of carbonyl (C=O) groups excluding carboxylic acids is 1. The first kappa shape index (κ1) is 14.9. The summed E-state index contributed by atoms with van der Waals surface area (Å²) in [5.41, 5.74) is 7.88. The zero-order valence-electron chi connectivity index (χ0n) is 12.3. The number of aryl methyl sites for hydroxylation is 3. The zero-order chi connectivity index (χ0) is 15.4. The third-order valence-corrected chi connectivity index (χ3v) is 3.37. The molecule has 0 atom stereocenters. The predicted octanol–water partition coefficient (Wildman–Crippen LogP) is 1.59. The van der Waals surface area contributed by atoms with Crippen LogP contribution in [0.3, 0.4) is 0 Å². The van der Waals surface area contributed by atoms with Crippen molar-refractivity contribution < 1.29 is 4.79 Å². The van der Waals surface area contributed by atoms with Gasteiger partial charge in [0, 0.05) is 43.3 Å². The van der Waals surface area contributed by atoms with E-state index in [0.29, 0.717) is 24.5 Å². The topological polar surface area (TPSA) is 82.1 Å². The van der Waals surface area contributed by atoms with Crippen LogP contribution in [-0.2, 0) is 17.9 Å². The minimum atomic E-state index is -0.139. The maximum Gasteiger partial charge on any atom is 0.328 e. The fraction of sp³-hybridized carbons (Fsp3) is 0.333. The normalized spacial score (nSPS) is 10.6. The summed E-state index contributed by atoms with van der Waals surface area (Å²) < 4.78 is 3.13. The van der Waals surface area contributed by atoms with Crippen LogP contribution >= 0.6 is 0 Å². The average molecular weight is 288 g/mol. The quantitative estimate of drug-likeness (QED) is 0.820. The Kier molecular flexibility index (Phi) is 4.47. The Morgan fingerprint density at radius 2 is 2.00 bits per heavy atom. The van der Waals surface area contributed by atoms with Gasteiger partial charge in [0.25, 0.3) is 0 Å². The number of rotatable bonds is 5. The lowest BCUT2D eigenvalue weighted by Crippen LogP contribution is -2.25. The van der Waals surface area contributed by atoms with Crippen molar-refractivity contribution in [3.8, 4) is 0 Å². The van der Waals surface area contributed by atoms with Crippen LogP contribution in [0.15, 0.2) is 35.4 Å². The first-order valence-electron chi connectivity index (χ1n) is 6.93. The van der Waals surface area contributed by atoms with Gasteiger partial charge in [-0.1, -0.05) is 6.07 Å². The minimum Gasteiger partial charge on any atom is -0.399 e. The summed E-state index contributed by atoms with van der Waals surface area (Å²) in [6, 6.07) is 5.38. The lowest BCUT2D eigenvalue weighted by atomic mass is 10.2. The van der Waals surface area contributed by atoms with Crippen LogP contribution in [-0.4, -0.2) is 15.0 Å². The smallest absolute Gasteiger partial charge is 0.328 e. The molecule has 0 aliphatic carbocycles. The molecule has 0 saturated heterocycles. The number of benzene rings is 1. The van der Waals surface area contributed by atoms with Gasteiger partial charge < -0.3 is 11.1 Å². The van der Waals surface area contributed by atoms with Gasteiger partial charge in [-0.3, -0.25) is 13.9 Å². The zero-order valence-corrected chi connectivity index (χ0v) is 12.3. The third-order valence-electron chi connectivity index (χ3n) is 3.37. The molecule has 0 radical (unpaired) electrons. The lowest BCUT2D eigenvalue weighted by Gasteiger charge is -2.09. The van der Waals surface area contributed by atoms with Gasteiger partial charge in [0.05, 0.1) is 0 Å². The van der Waals surface area contributed by atoms with Crippen molar-refractivity contribution in [3.63, 3.8) is 0 Å². The summed E-state index contributed by atoms with van der Waals surface area (Å²) >= 11 is 0. The predicted molar refractivity (Wildman–Crippen MR) is 83.2 cm³/mol. The Morgan fingerprint density at radius 3 is 2.67 bits per heavy atom. The first-order chi connectivity index (χ1) is 10.0. The number of aromatic nitrogens is 2. The summed E-state index contributed by atoms with van der Waals surface area (Å²) in [4.78, 5) is 23.8. The van der Waals surface area contributed by atoms with Crippen molar-refractivity contribution in [2.75, 3.05) is 11.1 Å². The molecule has 2 rings (SSSR count). The number of nitrogens with one attached hydrogen (secondary N) is 1. The molecule has 6 nitrogen and oxygen atoms in total. The van der Waals surface area contributed by atoms with Crippen molar-refractivity contribution >= 4 is 17.3 Å². The standard InChI is InChI=1S/C15H20N4O2/c1-3-18-8-9-19(15(18)21)7-6-14(20)17-13-10-12(16)5-4-11(13)2/h4-5,8-10H,3,6-7,16H2,1-2H3,(H,17,20). The van der Waals surface area contributed by atoms with Gasteiger partial charge >= 0.3 is 5.69 Å². The van der Waals surface area contributed by atoms with Crippen LogP contribution in [0.4, 0.5) is 11.4 Å². The molecule has 1 amide bonds. The molecule has 0 fully saturated rings. The van der Waals surface area contributed by atoms with E-state index in [4.69, 9.17) is 5.73 Å². The van der Waals surface area contributed by atoms with Gasteiger partial charge in [-0.05, 0) is 31.5 Å². The summed E-state index contributed by atoms with van der Waals surface area (Å²) in [5.74, 6) is -0.139. The Morgan fingerprint density at radius 1 is 1.29 bits per heavy atom. The highest BCUT2D eigenvalue weighted by Crippen LogP contribution is 2.18. The summed E-state index contributed by atoms with van der Waals surface area (Å²) in [7, 11) is 0. The number of nitrogens with two attached hydrogens (primary N) is 1. The van der Waals surface area contributed by atoms with E-state index in [1.165, 1.54) is 4.57 Å². The molecule has 1 heterocycles. The van der Waals surface area contributed by atoms with Crippen molar-refractivity contribution in [1.82, 2.24) is 9.13 Å². The maximum atomic E-state index is 12.0. The highest BCUT2D eigenvalue weighted by atomic mass is 16.2. The Balaban J connectivity index is 1.97.